The molecule has 0 aromatic carbocycles. The van der Waals surface area contributed by atoms with Crippen LogP contribution >= 0.6 is 7.82 Å². The van der Waals surface area contributed by atoms with Crippen LogP contribution in [0.25, 0.3) is 0 Å². The van der Waals surface area contributed by atoms with Gasteiger partial charge in [-0.15, -0.1) is 0 Å². The molecule has 0 aromatic rings. The van der Waals surface area contributed by atoms with E-state index in [-0.39, 0.29) is 26.1 Å². The number of phosphoric ester groups is 1. The van der Waals surface area contributed by atoms with Gasteiger partial charge in [-0.05, 0) is 96.3 Å². The average Bonchev–Trinajstić information content (AvgIpc) is 3.23. The van der Waals surface area contributed by atoms with Crippen molar-refractivity contribution in [2.45, 2.75) is 148 Å². The number of carbonyl (C=O) groups is 2. The zero-order valence-electron chi connectivity index (χ0n) is 39.3. The van der Waals surface area contributed by atoms with Crippen molar-refractivity contribution in [3.05, 3.63) is 122 Å². The number of rotatable bonds is 40. The van der Waals surface area contributed by atoms with Gasteiger partial charge >= 0.3 is 11.9 Å². The third-order valence-corrected chi connectivity index (χ3v) is 9.94. The highest BCUT2D eigenvalue weighted by Crippen LogP contribution is 2.38. The van der Waals surface area contributed by atoms with Gasteiger partial charge in [0.05, 0.1) is 27.7 Å². The molecule has 350 valence electrons. The quantitative estimate of drug-likeness (QED) is 0.0197. The van der Waals surface area contributed by atoms with E-state index in [1.807, 2.05) is 33.3 Å². The van der Waals surface area contributed by atoms with Crippen LogP contribution in [0.4, 0.5) is 0 Å². The topological polar surface area (TPSA) is 111 Å². The number of hydrogen-bond donors (Lipinski definition) is 0. The fourth-order valence-electron chi connectivity index (χ4n) is 5.37. The number of ether oxygens (including phenoxy) is 2. The molecular formula is C52H84NO8P. The van der Waals surface area contributed by atoms with Crippen LogP contribution in [0.1, 0.15) is 142 Å². The van der Waals surface area contributed by atoms with Crippen LogP contribution in [-0.4, -0.2) is 70.0 Å². The van der Waals surface area contributed by atoms with E-state index in [1.165, 1.54) is 25.7 Å². The van der Waals surface area contributed by atoms with Gasteiger partial charge in [-0.3, -0.25) is 14.2 Å². The van der Waals surface area contributed by atoms with Crippen molar-refractivity contribution < 1.29 is 42.1 Å². The van der Waals surface area contributed by atoms with E-state index in [2.05, 4.69) is 123 Å². The molecule has 2 atom stereocenters. The third kappa shape index (κ3) is 45.9. The molecule has 0 fully saturated rings. The summed E-state index contributed by atoms with van der Waals surface area (Å²) >= 11 is 0. The number of hydrogen-bond acceptors (Lipinski definition) is 8. The van der Waals surface area contributed by atoms with Gasteiger partial charge in [0.2, 0.25) is 0 Å². The van der Waals surface area contributed by atoms with Crippen molar-refractivity contribution in [3.63, 3.8) is 0 Å². The zero-order valence-corrected chi connectivity index (χ0v) is 40.1. The summed E-state index contributed by atoms with van der Waals surface area (Å²) in [5.74, 6) is -0.982. The van der Waals surface area contributed by atoms with Crippen molar-refractivity contribution in [1.82, 2.24) is 0 Å². The lowest BCUT2D eigenvalue weighted by molar-refractivity contribution is -0.870. The third-order valence-electron chi connectivity index (χ3n) is 8.98. The number of quaternary nitrogens is 1. The molecule has 0 rings (SSSR count). The predicted molar refractivity (Wildman–Crippen MR) is 258 cm³/mol. The summed E-state index contributed by atoms with van der Waals surface area (Å²) in [5, 5.41) is 0. The van der Waals surface area contributed by atoms with Gasteiger partial charge in [0.1, 0.15) is 19.8 Å². The van der Waals surface area contributed by atoms with Crippen molar-refractivity contribution in [3.8, 4) is 0 Å². The molecule has 0 aromatic heterocycles. The molecule has 0 amide bonds. The summed E-state index contributed by atoms with van der Waals surface area (Å²) in [6, 6.07) is 0. The Morgan fingerprint density at radius 3 is 1.40 bits per heavy atom. The van der Waals surface area contributed by atoms with Crippen LogP contribution < -0.4 is 4.89 Å². The molecule has 0 N–H and O–H groups in total. The SMILES string of the molecule is CC/C=C/C/C=C/C/C=C/C/C=C/C/C=C/C/C=C/CCC(=O)OC[C@H](COP(=O)([O-])OCC[N+](C)(C)C)OC(=O)CCCCC/C=C/C/C=C/C/C=C/C/C=C/CCCCC. The fourth-order valence-corrected chi connectivity index (χ4v) is 6.10. The van der Waals surface area contributed by atoms with E-state index in [1.54, 1.807) is 0 Å². The highest BCUT2D eigenvalue weighted by molar-refractivity contribution is 7.45. The van der Waals surface area contributed by atoms with Crippen LogP contribution in [0.2, 0.25) is 0 Å². The Balaban J connectivity index is 4.54. The molecule has 0 saturated heterocycles. The Kier molecular flexibility index (Phi) is 40.2. The van der Waals surface area contributed by atoms with Gasteiger partial charge in [0.15, 0.2) is 6.10 Å². The number of esters is 2. The molecule has 0 aliphatic heterocycles. The summed E-state index contributed by atoms with van der Waals surface area (Å²) < 4.78 is 33.8. The number of unbranched alkanes of at least 4 members (excludes halogenated alkanes) is 6. The lowest BCUT2D eigenvalue weighted by Crippen LogP contribution is -2.37. The van der Waals surface area contributed by atoms with Gasteiger partial charge < -0.3 is 27.9 Å². The van der Waals surface area contributed by atoms with E-state index in [4.69, 9.17) is 18.5 Å². The van der Waals surface area contributed by atoms with Crippen molar-refractivity contribution in [2.75, 3.05) is 47.5 Å². The summed E-state index contributed by atoms with van der Waals surface area (Å²) in [4.78, 5) is 37.6. The van der Waals surface area contributed by atoms with Crippen LogP contribution in [0.3, 0.4) is 0 Å². The van der Waals surface area contributed by atoms with Gasteiger partial charge in [0, 0.05) is 12.8 Å². The summed E-state index contributed by atoms with van der Waals surface area (Å²) in [5.41, 5.74) is 0. The van der Waals surface area contributed by atoms with Gasteiger partial charge in [-0.2, -0.15) is 0 Å². The molecule has 10 heteroatoms. The minimum absolute atomic E-state index is 0.0562. The molecule has 0 saturated carbocycles. The van der Waals surface area contributed by atoms with E-state index in [0.29, 0.717) is 23.9 Å². The number of carbonyl (C=O) groups excluding carboxylic acids is 2. The number of phosphoric acid groups is 1. The molecule has 0 aliphatic rings. The first-order valence-electron chi connectivity index (χ1n) is 23.2. The first-order valence-corrected chi connectivity index (χ1v) is 24.7. The second-order valence-electron chi connectivity index (χ2n) is 16.0. The molecular weight excluding hydrogens is 798 g/mol. The van der Waals surface area contributed by atoms with E-state index in [9.17, 15) is 19.0 Å². The largest absolute Gasteiger partial charge is 0.756 e. The highest BCUT2D eigenvalue weighted by atomic mass is 31.2. The first kappa shape index (κ1) is 58.4. The van der Waals surface area contributed by atoms with Gasteiger partial charge in [-0.1, -0.05) is 155 Å². The lowest BCUT2D eigenvalue weighted by Gasteiger charge is -2.28. The van der Waals surface area contributed by atoms with Crippen molar-refractivity contribution >= 4 is 19.8 Å². The van der Waals surface area contributed by atoms with Crippen molar-refractivity contribution in [2.24, 2.45) is 0 Å². The maximum atomic E-state index is 12.7. The van der Waals surface area contributed by atoms with E-state index in [0.717, 1.165) is 77.0 Å². The van der Waals surface area contributed by atoms with Crippen LogP contribution in [-0.2, 0) is 32.7 Å². The summed E-state index contributed by atoms with van der Waals surface area (Å²) in [6.45, 7) is 3.93. The van der Waals surface area contributed by atoms with Gasteiger partial charge in [0.25, 0.3) is 7.82 Å². The van der Waals surface area contributed by atoms with Crippen LogP contribution in [0.15, 0.2) is 122 Å². The van der Waals surface area contributed by atoms with Crippen LogP contribution in [0.5, 0.6) is 0 Å². The minimum atomic E-state index is -4.66. The highest BCUT2D eigenvalue weighted by Gasteiger charge is 2.21. The number of nitrogens with zero attached hydrogens (tertiary/aromatic N) is 1. The monoisotopic (exact) mass is 882 g/mol. The first-order chi connectivity index (χ1) is 30.0. The molecule has 62 heavy (non-hydrogen) atoms. The van der Waals surface area contributed by atoms with Gasteiger partial charge in [-0.25, -0.2) is 0 Å². The Bertz CT molecular complexity index is 1460. The van der Waals surface area contributed by atoms with E-state index >= 15 is 0 Å². The van der Waals surface area contributed by atoms with Crippen LogP contribution in [0, 0.1) is 0 Å². The zero-order chi connectivity index (χ0) is 45.7. The Morgan fingerprint density at radius 2 is 0.952 bits per heavy atom. The molecule has 0 aliphatic carbocycles. The minimum Gasteiger partial charge on any atom is -0.756 e. The molecule has 0 heterocycles. The lowest BCUT2D eigenvalue weighted by atomic mass is 10.1. The molecule has 0 radical (unpaired) electrons. The molecule has 0 bridgehead atoms. The predicted octanol–water partition coefficient (Wildman–Crippen LogP) is 13.1. The van der Waals surface area contributed by atoms with Crippen molar-refractivity contribution in [1.29, 1.82) is 0 Å². The summed E-state index contributed by atoms with van der Waals surface area (Å²) in [6.07, 6.45) is 59.6. The Hall–Kier alpha value is -3.59. The second-order valence-corrected chi connectivity index (χ2v) is 17.4. The number of allylic oxidation sites excluding steroid dienone is 20. The van der Waals surface area contributed by atoms with E-state index < -0.39 is 32.5 Å². The smallest absolute Gasteiger partial charge is 0.306 e. The summed E-state index contributed by atoms with van der Waals surface area (Å²) in [7, 11) is 1.08. The molecule has 9 nitrogen and oxygen atoms in total. The molecule has 0 spiro atoms. The maximum absolute atomic E-state index is 12.7. The Morgan fingerprint density at radius 1 is 0.516 bits per heavy atom. The molecule has 1 unspecified atom stereocenters. The Labute approximate surface area is 378 Å². The maximum Gasteiger partial charge on any atom is 0.306 e. The normalized spacial score (nSPS) is 14.6. The fraction of sp³-hybridized carbons (Fsp3) is 0.577. The average molecular weight is 882 g/mol. The standard InChI is InChI=1S/C52H84NO8P/c1-6-8-10-12-14-16-18-20-22-24-26-28-30-32-34-36-38-40-42-44-51(54)58-48-50(49-60-62(56,57)59-47-46-53(3,4)5)61-52(55)45-43-41-39-37-35-33-31-29-27-25-23-21-19-17-15-13-11-9-7-2/h8,10,14-17,20-23,26-29,32-35,38,40,50H,6-7,9,11-13,18-19,24-25,30-31,36-37,39,41-49H2,1-5H3/b10-8+,16-14+,17-15+,22-20+,23-21+,28-26+,29-27+,34-32+,35-33+,40-38+/t50-/m1/s1. The second kappa shape index (κ2) is 42.7. The number of likely N-dealkylation sites (N-methyl/N-ethyl adjacent to an activating group) is 1.